The van der Waals surface area contributed by atoms with Gasteiger partial charge in [-0.1, -0.05) is 20.8 Å². The summed E-state index contributed by atoms with van der Waals surface area (Å²) in [6.07, 6.45) is 2.58. The summed E-state index contributed by atoms with van der Waals surface area (Å²) >= 11 is 0. The van der Waals surface area contributed by atoms with Crippen LogP contribution in [0.1, 0.15) is 37.7 Å². The number of hydrogen-bond donors (Lipinski definition) is 1. The van der Waals surface area contributed by atoms with Crippen molar-refractivity contribution in [2.75, 3.05) is 0 Å². The zero-order valence-corrected chi connectivity index (χ0v) is 10.7. The van der Waals surface area contributed by atoms with E-state index in [2.05, 4.69) is 46.6 Å². The molecule has 0 aliphatic heterocycles. The SMILES string of the molecule is CC.CCc1cc(C)n(-c2ncn[nH]2)c1C. The fourth-order valence-electron chi connectivity index (χ4n) is 1.82. The Morgan fingerprint density at radius 3 is 2.44 bits per heavy atom. The molecule has 0 amide bonds. The number of nitrogens with zero attached hydrogens (tertiary/aromatic N) is 3. The molecule has 16 heavy (non-hydrogen) atoms. The third-order valence-electron chi connectivity index (χ3n) is 2.53. The lowest BCUT2D eigenvalue weighted by atomic mass is 10.2. The van der Waals surface area contributed by atoms with Crippen molar-refractivity contribution in [3.63, 3.8) is 0 Å². The summed E-state index contributed by atoms with van der Waals surface area (Å²) in [6.45, 7) is 10.3. The lowest BCUT2D eigenvalue weighted by Crippen LogP contribution is -2.01. The van der Waals surface area contributed by atoms with Gasteiger partial charge in [0.15, 0.2) is 0 Å². The quantitative estimate of drug-likeness (QED) is 0.846. The van der Waals surface area contributed by atoms with Crippen LogP contribution in [0.2, 0.25) is 0 Å². The van der Waals surface area contributed by atoms with Gasteiger partial charge in [-0.05, 0) is 31.9 Å². The number of aryl methyl sites for hydroxylation is 2. The Morgan fingerprint density at radius 1 is 1.31 bits per heavy atom. The van der Waals surface area contributed by atoms with E-state index >= 15 is 0 Å². The maximum absolute atomic E-state index is 4.15. The van der Waals surface area contributed by atoms with Crippen LogP contribution in [0, 0.1) is 13.8 Å². The highest BCUT2D eigenvalue weighted by Crippen LogP contribution is 2.18. The van der Waals surface area contributed by atoms with E-state index in [9.17, 15) is 0 Å². The van der Waals surface area contributed by atoms with Gasteiger partial charge in [0.2, 0.25) is 5.95 Å². The van der Waals surface area contributed by atoms with Crippen LogP contribution in [0.15, 0.2) is 12.4 Å². The molecular weight excluding hydrogens is 200 g/mol. The average molecular weight is 220 g/mol. The maximum atomic E-state index is 4.15. The molecule has 2 aromatic heterocycles. The van der Waals surface area contributed by atoms with Crippen LogP contribution >= 0.6 is 0 Å². The van der Waals surface area contributed by atoms with E-state index in [1.54, 1.807) is 0 Å². The van der Waals surface area contributed by atoms with Crippen molar-refractivity contribution in [1.82, 2.24) is 19.7 Å². The fourth-order valence-corrected chi connectivity index (χ4v) is 1.82. The highest BCUT2D eigenvalue weighted by Gasteiger charge is 2.10. The molecular formula is C12H20N4. The third kappa shape index (κ3) is 2.15. The van der Waals surface area contributed by atoms with Crippen LogP contribution in [0.3, 0.4) is 0 Å². The Bertz CT molecular complexity index is 426. The van der Waals surface area contributed by atoms with Gasteiger partial charge in [0.25, 0.3) is 0 Å². The first-order chi connectivity index (χ1) is 7.74. The third-order valence-corrected chi connectivity index (χ3v) is 2.53. The van der Waals surface area contributed by atoms with E-state index in [-0.39, 0.29) is 0 Å². The molecule has 0 bridgehead atoms. The van der Waals surface area contributed by atoms with Crippen molar-refractivity contribution >= 4 is 0 Å². The fraction of sp³-hybridized carbons (Fsp3) is 0.500. The minimum Gasteiger partial charge on any atom is -0.287 e. The molecule has 0 spiro atoms. The normalized spacial score (nSPS) is 9.81. The van der Waals surface area contributed by atoms with Crippen LogP contribution in [0.5, 0.6) is 0 Å². The summed E-state index contributed by atoms with van der Waals surface area (Å²) < 4.78 is 2.09. The molecule has 4 heteroatoms. The zero-order valence-electron chi connectivity index (χ0n) is 10.7. The van der Waals surface area contributed by atoms with Gasteiger partial charge in [0.05, 0.1) is 0 Å². The van der Waals surface area contributed by atoms with Gasteiger partial charge in [-0.2, -0.15) is 10.1 Å². The predicted molar refractivity (Wildman–Crippen MR) is 65.9 cm³/mol. The van der Waals surface area contributed by atoms with Crippen molar-refractivity contribution in [1.29, 1.82) is 0 Å². The van der Waals surface area contributed by atoms with Crippen molar-refractivity contribution in [3.8, 4) is 5.95 Å². The van der Waals surface area contributed by atoms with Crippen molar-refractivity contribution < 1.29 is 0 Å². The van der Waals surface area contributed by atoms with Crippen LogP contribution < -0.4 is 0 Å². The van der Waals surface area contributed by atoms with Gasteiger partial charge in [0, 0.05) is 11.4 Å². The lowest BCUT2D eigenvalue weighted by molar-refractivity contribution is 0.871. The Balaban J connectivity index is 0.000000606. The van der Waals surface area contributed by atoms with E-state index in [0.29, 0.717) is 0 Å². The number of H-pyrrole nitrogens is 1. The van der Waals surface area contributed by atoms with Gasteiger partial charge in [-0.3, -0.25) is 4.57 Å². The largest absolute Gasteiger partial charge is 0.287 e. The molecule has 0 saturated heterocycles. The molecule has 0 aliphatic rings. The lowest BCUT2D eigenvalue weighted by Gasteiger charge is -2.04. The number of aromatic amines is 1. The minimum absolute atomic E-state index is 0.791. The van der Waals surface area contributed by atoms with Gasteiger partial charge in [0.1, 0.15) is 6.33 Å². The van der Waals surface area contributed by atoms with Crippen molar-refractivity contribution in [2.45, 2.75) is 41.0 Å². The van der Waals surface area contributed by atoms with E-state index in [4.69, 9.17) is 0 Å². The summed E-state index contributed by atoms with van der Waals surface area (Å²) in [5, 5.41) is 6.73. The Morgan fingerprint density at radius 2 is 2.00 bits per heavy atom. The summed E-state index contributed by atoms with van der Waals surface area (Å²) in [4.78, 5) is 4.15. The molecule has 0 fully saturated rings. The molecule has 0 aromatic carbocycles. The number of aromatic nitrogens is 4. The van der Waals surface area contributed by atoms with E-state index < -0.39 is 0 Å². The van der Waals surface area contributed by atoms with Gasteiger partial charge in [-0.15, -0.1) is 0 Å². The molecule has 2 aromatic rings. The first kappa shape index (κ1) is 12.5. The van der Waals surface area contributed by atoms with Crippen LogP contribution in [0.4, 0.5) is 0 Å². The smallest absolute Gasteiger partial charge is 0.229 e. The molecule has 0 saturated carbocycles. The summed E-state index contributed by atoms with van der Waals surface area (Å²) in [5.74, 6) is 0.791. The van der Waals surface area contributed by atoms with Gasteiger partial charge >= 0.3 is 0 Å². The van der Waals surface area contributed by atoms with Crippen LogP contribution in [-0.4, -0.2) is 19.7 Å². The number of hydrogen-bond acceptors (Lipinski definition) is 2. The number of nitrogens with one attached hydrogen (secondary N) is 1. The maximum Gasteiger partial charge on any atom is 0.229 e. The summed E-state index contributed by atoms with van der Waals surface area (Å²) in [5.41, 5.74) is 3.79. The minimum atomic E-state index is 0.791. The average Bonchev–Trinajstić information content (AvgIpc) is 2.90. The van der Waals surface area contributed by atoms with Crippen LogP contribution in [-0.2, 0) is 6.42 Å². The first-order valence-electron chi connectivity index (χ1n) is 5.77. The number of rotatable bonds is 2. The van der Waals surface area contributed by atoms with Crippen molar-refractivity contribution in [2.24, 2.45) is 0 Å². The molecule has 0 unspecified atom stereocenters. The molecule has 4 nitrogen and oxygen atoms in total. The van der Waals surface area contributed by atoms with Gasteiger partial charge < -0.3 is 0 Å². The highest BCUT2D eigenvalue weighted by atomic mass is 15.3. The second-order valence-electron chi connectivity index (χ2n) is 3.39. The van der Waals surface area contributed by atoms with Gasteiger partial charge in [-0.25, -0.2) is 5.10 Å². The van der Waals surface area contributed by atoms with E-state index in [1.165, 1.54) is 23.3 Å². The topological polar surface area (TPSA) is 46.5 Å². The Labute approximate surface area is 96.7 Å². The summed E-state index contributed by atoms with van der Waals surface area (Å²) in [7, 11) is 0. The summed E-state index contributed by atoms with van der Waals surface area (Å²) in [6, 6.07) is 2.19. The van der Waals surface area contributed by atoms with E-state index in [1.807, 2.05) is 13.8 Å². The van der Waals surface area contributed by atoms with E-state index in [0.717, 1.165) is 12.4 Å². The monoisotopic (exact) mass is 220 g/mol. The molecule has 2 heterocycles. The molecule has 1 N–H and O–H groups in total. The molecule has 88 valence electrons. The van der Waals surface area contributed by atoms with Crippen LogP contribution in [0.25, 0.3) is 5.95 Å². The Kier molecular flexibility index (Phi) is 4.28. The Hall–Kier alpha value is -1.58. The van der Waals surface area contributed by atoms with Crippen molar-refractivity contribution in [3.05, 3.63) is 29.3 Å². The second kappa shape index (κ2) is 5.49. The first-order valence-corrected chi connectivity index (χ1v) is 5.77. The molecule has 2 rings (SSSR count). The zero-order chi connectivity index (χ0) is 12.1. The molecule has 0 radical (unpaired) electrons. The standard InChI is InChI=1S/C10H14N4.C2H6/c1-4-9-5-7(2)14(8(9)3)10-11-6-12-13-10;1-2/h5-6H,4H2,1-3H3,(H,11,12,13);1-2H3. The molecule has 0 aliphatic carbocycles. The second-order valence-corrected chi connectivity index (χ2v) is 3.39. The molecule has 0 atom stereocenters. The predicted octanol–water partition coefficient (Wildman–Crippen LogP) is 2.80. The highest BCUT2D eigenvalue weighted by molar-refractivity contribution is 5.32.